The molecule has 0 spiro atoms. The molecule has 1 aromatic rings. The van der Waals surface area contributed by atoms with Crippen LogP contribution in [0.15, 0.2) is 30.3 Å². The molecule has 0 heterocycles. The molecule has 1 rings (SSSR count). The summed E-state index contributed by atoms with van der Waals surface area (Å²) in [4.78, 5) is 22.6. The number of esters is 1. The van der Waals surface area contributed by atoms with Gasteiger partial charge in [-0.1, -0.05) is 30.3 Å². The molecule has 2 atom stereocenters. The maximum absolute atomic E-state index is 11.9. The fourth-order valence-corrected chi connectivity index (χ4v) is 1.57. The average Bonchev–Trinajstić information content (AvgIpc) is 2.44. The van der Waals surface area contributed by atoms with E-state index in [-0.39, 0.29) is 6.61 Å². The van der Waals surface area contributed by atoms with E-state index >= 15 is 0 Å². The van der Waals surface area contributed by atoms with E-state index in [1.807, 2.05) is 30.3 Å². The Morgan fingerprint density at radius 1 is 1.25 bits per heavy atom. The molecule has 0 bridgehead atoms. The second kappa shape index (κ2) is 8.29. The zero-order chi connectivity index (χ0) is 15.0. The van der Waals surface area contributed by atoms with E-state index < -0.39 is 24.0 Å². The smallest absolute Gasteiger partial charge is 0.324 e. The maximum atomic E-state index is 11.9. The molecule has 20 heavy (non-hydrogen) atoms. The molecule has 0 aliphatic rings. The highest BCUT2D eigenvalue weighted by molar-refractivity contribution is 5.76. The van der Waals surface area contributed by atoms with Gasteiger partial charge < -0.3 is 9.84 Å². The van der Waals surface area contributed by atoms with Gasteiger partial charge >= 0.3 is 11.9 Å². The lowest BCUT2D eigenvalue weighted by Crippen LogP contribution is -2.52. The molecular weight excluding hydrogens is 260 g/mol. The Morgan fingerprint density at radius 3 is 2.45 bits per heavy atom. The van der Waals surface area contributed by atoms with E-state index in [2.05, 4.69) is 10.9 Å². The van der Waals surface area contributed by atoms with Gasteiger partial charge in [0.05, 0.1) is 6.61 Å². The Kier molecular flexibility index (Phi) is 6.69. The number of nitrogens with one attached hydrogen (secondary N) is 2. The van der Waals surface area contributed by atoms with Crippen LogP contribution in [0.1, 0.15) is 19.4 Å². The van der Waals surface area contributed by atoms with Gasteiger partial charge in [0.1, 0.15) is 12.1 Å². The molecule has 110 valence electrons. The summed E-state index contributed by atoms with van der Waals surface area (Å²) < 4.78 is 4.98. The van der Waals surface area contributed by atoms with Crippen molar-refractivity contribution in [3.63, 3.8) is 0 Å². The van der Waals surface area contributed by atoms with E-state index in [1.54, 1.807) is 6.92 Å². The van der Waals surface area contributed by atoms with Crippen LogP contribution in [-0.4, -0.2) is 35.7 Å². The quantitative estimate of drug-likeness (QED) is 0.480. The molecule has 0 fully saturated rings. The van der Waals surface area contributed by atoms with Gasteiger partial charge in [-0.2, -0.15) is 0 Å². The fraction of sp³-hybridized carbons (Fsp3) is 0.429. The first kappa shape index (κ1) is 16.1. The predicted octanol–water partition coefficient (Wildman–Crippen LogP) is 0.728. The lowest BCUT2D eigenvalue weighted by atomic mass is 10.1. The first-order valence-electron chi connectivity index (χ1n) is 6.49. The van der Waals surface area contributed by atoms with Gasteiger partial charge in [-0.25, -0.2) is 10.9 Å². The van der Waals surface area contributed by atoms with Crippen molar-refractivity contribution in [1.29, 1.82) is 0 Å². The van der Waals surface area contributed by atoms with Crippen molar-refractivity contribution in [2.45, 2.75) is 32.4 Å². The molecule has 6 nitrogen and oxygen atoms in total. The largest absolute Gasteiger partial charge is 0.480 e. The Bertz CT molecular complexity index is 436. The standard InChI is InChI=1S/C14H20N2O4/c1-3-20-14(19)12(16-15-10(2)13(17)18)9-11-7-5-4-6-8-11/h4-8,10,12,15-16H,3,9H2,1-2H3,(H,17,18)/t10-,12-/m0/s1. The van der Waals surface area contributed by atoms with Crippen LogP contribution in [0.25, 0.3) is 0 Å². The van der Waals surface area contributed by atoms with Crippen molar-refractivity contribution >= 4 is 11.9 Å². The zero-order valence-corrected chi connectivity index (χ0v) is 11.6. The summed E-state index contributed by atoms with van der Waals surface area (Å²) in [7, 11) is 0. The topological polar surface area (TPSA) is 87.7 Å². The second-order valence-electron chi connectivity index (χ2n) is 4.34. The van der Waals surface area contributed by atoms with Gasteiger partial charge in [-0.05, 0) is 25.8 Å². The van der Waals surface area contributed by atoms with Crippen LogP contribution in [0.4, 0.5) is 0 Å². The molecule has 6 heteroatoms. The third-order valence-electron chi connectivity index (χ3n) is 2.70. The average molecular weight is 280 g/mol. The van der Waals surface area contributed by atoms with E-state index in [9.17, 15) is 9.59 Å². The fourth-order valence-electron chi connectivity index (χ4n) is 1.57. The van der Waals surface area contributed by atoms with E-state index in [4.69, 9.17) is 9.84 Å². The molecule has 0 aliphatic heterocycles. The van der Waals surface area contributed by atoms with Crippen molar-refractivity contribution in [3.8, 4) is 0 Å². The number of benzene rings is 1. The van der Waals surface area contributed by atoms with Crippen LogP contribution < -0.4 is 10.9 Å². The number of carbonyl (C=O) groups is 2. The SMILES string of the molecule is CCOC(=O)[C@H](Cc1ccccc1)NN[C@@H](C)C(=O)O. The van der Waals surface area contributed by atoms with Crippen LogP contribution >= 0.6 is 0 Å². The summed E-state index contributed by atoms with van der Waals surface area (Å²) in [6.45, 7) is 3.49. The molecule has 0 radical (unpaired) electrons. The Morgan fingerprint density at radius 2 is 1.90 bits per heavy atom. The number of carboxylic acids is 1. The number of carboxylic acid groups (broad SMARTS) is 1. The third kappa shape index (κ3) is 5.38. The van der Waals surface area contributed by atoms with Crippen LogP contribution in [0, 0.1) is 0 Å². The molecule has 0 aromatic heterocycles. The van der Waals surface area contributed by atoms with Crippen molar-refractivity contribution in [2.75, 3.05) is 6.61 Å². The first-order valence-corrected chi connectivity index (χ1v) is 6.49. The van der Waals surface area contributed by atoms with E-state index in [0.29, 0.717) is 6.42 Å². The highest BCUT2D eigenvalue weighted by atomic mass is 16.5. The summed E-state index contributed by atoms with van der Waals surface area (Å²) >= 11 is 0. The number of hydrazine groups is 1. The van der Waals surface area contributed by atoms with Crippen LogP contribution in [-0.2, 0) is 20.7 Å². The molecule has 0 unspecified atom stereocenters. The van der Waals surface area contributed by atoms with Gasteiger partial charge in [0.2, 0.25) is 0 Å². The highest BCUT2D eigenvalue weighted by Crippen LogP contribution is 2.04. The maximum Gasteiger partial charge on any atom is 0.324 e. The Balaban J connectivity index is 2.65. The molecule has 0 amide bonds. The summed E-state index contributed by atoms with van der Waals surface area (Å²) in [5.41, 5.74) is 6.28. The van der Waals surface area contributed by atoms with Crippen LogP contribution in [0.3, 0.4) is 0 Å². The molecule has 0 aliphatic carbocycles. The molecule has 0 saturated carbocycles. The Hall–Kier alpha value is -1.92. The number of aliphatic carboxylic acids is 1. The number of carbonyl (C=O) groups excluding carboxylic acids is 1. The zero-order valence-electron chi connectivity index (χ0n) is 11.6. The van der Waals surface area contributed by atoms with Crippen LogP contribution in [0.5, 0.6) is 0 Å². The van der Waals surface area contributed by atoms with Crippen molar-refractivity contribution < 1.29 is 19.4 Å². The number of ether oxygens (including phenoxy) is 1. The molecule has 0 saturated heterocycles. The van der Waals surface area contributed by atoms with Crippen molar-refractivity contribution in [1.82, 2.24) is 10.9 Å². The second-order valence-corrected chi connectivity index (χ2v) is 4.34. The monoisotopic (exact) mass is 280 g/mol. The summed E-state index contributed by atoms with van der Waals surface area (Å²) in [6.07, 6.45) is 0.416. The Labute approximate surface area is 118 Å². The number of rotatable bonds is 8. The van der Waals surface area contributed by atoms with Gasteiger partial charge in [0.15, 0.2) is 0 Å². The predicted molar refractivity (Wildman–Crippen MR) is 73.9 cm³/mol. The lowest BCUT2D eigenvalue weighted by Gasteiger charge is -2.19. The van der Waals surface area contributed by atoms with Crippen LogP contribution in [0.2, 0.25) is 0 Å². The van der Waals surface area contributed by atoms with Gasteiger partial charge in [-0.15, -0.1) is 0 Å². The van der Waals surface area contributed by atoms with E-state index in [1.165, 1.54) is 6.92 Å². The number of hydrogen-bond donors (Lipinski definition) is 3. The van der Waals surface area contributed by atoms with Crippen molar-refractivity contribution in [2.24, 2.45) is 0 Å². The van der Waals surface area contributed by atoms with Gasteiger partial charge in [-0.3, -0.25) is 9.59 Å². The molecular formula is C14H20N2O4. The highest BCUT2D eigenvalue weighted by Gasteiger charge is 2.21. The summed E-state index contributed by atoms with van der Waals surface area (Å²) in [5, 5.41) is 8.81. The lowest BCUT2D eigenvalue weighted by molar-refractivity contribution is -0.147. The van der Waals surface area contributed by atoms with Crippen molar-refractivity contribution in [3.05, 3.63) is 35.9 Å². The van der Waals surface area contributed by atoms with Gasteiger partial charge in [0.25, 0.3) is 0 Å². The minimum Gasteiger partial charge on any atom is -0.480 e. The molecule has 3 N–H and O–H groups in total. The molecule has 1 aromatic carbocycles. The minimum atomic E-state index is -1.00. The minimum absolute atomic E-state index is 0.278. The third-order valence-corrected chi connectivity index (χ3v) is 2.70. The number of hydrogen-bond acceptors (Lipinski definition) is 5. The first-order chi connectivity index (χ1) is 9.54. The van der Waals surface area contributed by atoms with Gasteiger partial charge in [0, 0.05) is 0 Å². The van der Waals surface area contributed by atoms with E-state index in [0.717, 1.165) is 5.56 Å². The normalized spacial score (nSPS) is 13.5. The summed E-state index contributed by atoms with van der Waals surface area (Å²) in [6, 6.07) is 8.00. The summed E-state index contributed by atoms with van der Waals surface area (Å²) in [5.74, 6) is -1.42.